The minimum Gasteiger partial charge on any atom is -0.497 e. The summed E-state index contributed by atoms with van der Waals surface area (Å²) in [7, 11) is 12.5. The van der Waals surface area contributed by atoms with Gasteiger partial charge in [-0.3, -0.25) is 9.78 Å². The Balaban J connectivity index is 1.73. The van der Waals surface area contributed by atoms with Gasteiger partial charge in [-0.1, -0.05) is 32.0 Å². The summed E-state index contributed by atoms with van der Waals surface area (Å²) in [5.41, 5.74) is -0.762. The van der Waals surface area contributed by atoms with E-state index >= 15 is 4.39 Å². The van der Waals surface area contributed by atoms with Crippen LogP contribution in [0.1, 0.15) is 39.3 Å². The van der Waals surface area contributed by atoms with Gasteiger partial charge in [0.15, 0.2) is 17.3 Å². The van der Waals surface area contributed by atoms with Crippen LogP contribution in [0.2, 0.25) is 5.02 Å². The van der Waals surface area contributed by atoms with Gasteiger partial charge in [-0.2, -0.15) is 4.98 Å². The van der Waals surface area contributed by atoms with Gasteiger partial charge in [0.25, 0.3) is 0 Å². The summed E-state index contributed by atoms with van der Waals surface area (Å²) in [5, 5.41) is 0.241. The lowest BCUT2D eigenvalue weighted by Crippen LogP contribution is -2.58. The van der Waals surface area contributed by atoms with Gasteiger partial charge in [-0.25, -0.2) is 23.1 Å². The van der Waals surface area contributed by atoms with Crippen LogP contribution in [0.3, 0.4) is 0 Å². The SMILES string of the molecule is [B][C@@H]1Oc2ccnc(C(C)C)c2-n2c(=O)nc(N3C[C@@H](C)N(C(=O)C=C)C[C@@H]3C)c3cc(Cl)c(nc32)-c2c(ccc(F)c2F)O[C@@H]1[B]. The number of rotatable bonds is 3. The minimum absolute atomic E-state index is 0.0108. The van der Waals surface area contributed by atoms with Gasteiger partial charge in [-0.05, 0) is 44.0 Å². The van der Waals surface area contributed by atoms with Crippen LogP contribution in [-0.4, -0.2) is 83.2 Å². The molecule has 0 aliphatic carbocycles. The maximum absolute atomic E-state index is 15.7. The molecule has 1 aromatic carbocycles. The van der Waals surface area contributed by atoms with Gasteiger partial charge in [0, 0.05) is 37.4 Å². The number of amides is 1. The van der Waals surface area contributed by atoms with Crippen molar-refractivity contribution < 1.29 is 23.0 Å². The van der Waals surface area contributed by atoms with Crippen molar-refractivity contribution in [2.24, 2.45) is 0 Å². The van der Waals surface area contributed by atoms with Crippen LogP contribution in [0.15, 0.2) is 47.9 Å². The molecule has 2 aliphatic rings. The molecule has 4 aromatic rings. The molecule has 4 radical (unpaired) electrons. The molecule has 0 N–H and O–H groups in total. The van der Waals surface area contributed by atoms with Crippen molar-refractivity contribution >= 4 is 50.1 Å². The molecule has 47 heavy (non-hydrogen) atoms. The predicted molar refractivity (Wildman–Crippen MR) is 176 cm³/mol. The number of carbonyl (C=O) groups is 1. The third-order valence-electron chi connectivity index (χ3n) is 8.35. The Morgan fingerprint density at radius 1 is 1.09 bits per heavy atom. The van der Waals surface area contributed by atoms with Crippen LogP contribution < -0.4 is 20.1 Å². The van der Waals surface area contributed by atoms with Crippen molar-refractivity contribution in [3.8, 4) is 28.4 Å². The zero-order valence-electron chi connectivity index (χ0n) is 26.1. The first-order valence-corrected chi connectivity index (χ1v) is 15.3. The molecule has 0 unspecified atom stereocenters. The Labute approximate surface area is 277 Å². The second kappa shape index (κ2) is 12.3. The average Bonchev–Trinajstić information content (AvgIpc) is 3.03. The van der Waals surface area contributed by atoms with Gasteiger partial charge in [0.2, 0.25) is 5.91 Å². The third-order valence-corrected chi connectivity index (χ3v) is 8.63. The van der Waals surface area contributed by atoms with Crippen LogP contribution in [-0.2, 0) is 4.79 Å². The highest BCUT2D eigenvalue weighted by Gasteiger charge is 2.35. The lowest BCUT2D eigenvalue weighted by atomic mass is 9.82. The number of hydrogen-bond donors (Lipinski definition) is 0. The van der Waals surface area contributed by atoms with E-state index in [0.717, 1.165) is 6.07 Å². The number of fused-ring (bicyclic) bond motifs is 5. The molecule has 10 nitrogen and oxygen atoms in total. The van der Waals surface area contributed by atoms with Crippen molar-refractivity contribution in [3.05, 3.63) is 76.0 Å². The zero-order chi connectivity index (χ0) is 33.9. The fourth-order valence-corrected chi connectivity index (χ4v) is 6.27. The number of piperazine rings is 1. The van der Waals surface area contributed by atoms with E-state index in [2.05, 4.69) is 16.5 Å². The Bertz CT molecular complexity index is 2000. The number of hydrogen-bond acceptors (Lipinski definition) is 8. The number of pyridine rings is 2. The molecule has 2 aliphatic heterocycles. The molecule has 5 heterocycles. The van der Waals surface area contributed by atoms with Gasteiger partial charge in [0.05, 0.1) is 39.4 Å². The number of nitrogens with zero attached hydrogens (tertiary/aromatic N) is 6. The maximum atomic E-state index is 15.7. The first kappa shape index (κ1) is 32.5. The standard InChI is InChI=1S/C32H29B2ClF2N6O4/c1-6-22(44)41-12-16(5)42(13-15(41)4)30-17-11-18(35)26-23-20(8-7-19(36)24(23)37)46-28(33)29(34)47-21-9-10-38-25(14(2)3)27(21)43(31(17)39-26)32(45)40-30/h6-11,14-16,28-29H,1,12-13H2,2-5H3/t15-,16+,28+,29-/m1/s1. The van der Waals surface area contributed by atoms with Gasteiger partial charge >= 0.3 is 5.69 Å². The second-order valence-electron chi connectivity index (χ2n) is 11.9. The van der Waals surface area contributed by atoms with Gasteiger partial charge < -0.3 is 19.3 Å². The fourth-order valence-electron chi connectivity index (χ4n) is 6.02. The number of aromatic nitrogens is 4. The van der Waals surface area contributed by atoms with E-state index in [1.165, 1.54) is 35.0 Å². The highest BCUT2D eigenvalue weighted by Crippen LogP contribution is 2.42. The van der Waals surface area contributed by atoms with E-state index in [1.54, 1.807) is 4.90 Å². The molecule has 3 aromatic heterocycles. The van der Waals surface area contributed by atoms with Crippen molar-refractivity contribution in [1.82, 2.24) is 24.4 Å². The normalized spacial score (nSPS) is 20.9. The Morgan fingerprint density at radius 3 is 2.47 bits per heavy atom. The van der Waals surface area contributed by atoms with E-state index in [0.29, 0.717) is 24.2 Å². The van der Waals surface area contributed by atoms with E-state index < -0.39 is 34.9 Å². The quantitative estimate of drug-likeness (QED) is 0.238. The van der Waals surface area contributed by atoms with E-state index in [4.69, 9.17) is 41.8 Å². The monoisotopic (exact) mass is 656 g/mol. The minimum atomic E-state index is -1.38. The van der Waals surface area contributed by atoms with Crippen LogP contribution in [0, 0.1) is 11.6 Å². The highest BCUT2D eigenvalue weighted by atomic mass is 35.5. The zero-order valence-corrected chi connectivity index (χ0v) is 26.8. The molecule has 1 fully saturated rings. The lowest BCUT2D eigenvalue weighted by molar-refractivity contribution is -0.128. The van der Waals surface area contributed by atoms with Crippen LogP contribution in [0.5, 0.6) is 11.5 Å². The maximum Gasteiger partial charge on any atom is 0.356 e. The molecule has 15 heteroatoms. The van der Waals surface area contributed by atoms with E-state index in [1.807, 2.05) is 32.6 Å². The number of anilines is 1. The van der Waals surface area contributed by atoms with Crippen LogP contribution >= 0.6 is 11.6 Å². The summed E-state index contributed by atoms with van der Waals surface area (Å²) in [5.74, 6) is -2.76. The molecule has 2 bridgehead atoms. The molecular formula is C32H29B2ClF2N6O4. The van der Waals surface area contributed by atoms with Crippen molar-refractivity contribution in [1.29, 1.82) is 0 Å². The van der Waals surface area contributed by atoms with Crippen LogP contribution in [0.4, 0.5) is 14.6 Å². The van der Waals surface area contributed by atoms with E-state index in [-0.39, 0.29) is 63.3 Å². The van der Waals surface area contributed by atoms with Crippen molar-refractivity contribution in [2.45, 2.75) is 57.7 Å². The van der Waals surface area contributed by atoms with Gasteiger partial charge in [0.1, 0.15) is 38.7 Å². The van der Waals surface area contributed by atoms with Crippen LogP contribution in [0.25, 0.3) is 28.0 Å². The van der Waals surface area contributed by atoms with Crippen molar-refractivity contribution in [2.75, 3.05) is 18.0 Å². The number of ether oxygens (including phenoxy) is 2. The lowest BCUT2D eigenvalue weighted by Gasteiger charge is -2.44. The fraction of sp³-hybridized carbons (Fsp3) is 0.344. The highest BCUT2D eigenvalue weighted by molar-refractivity contribution is 6.34. The molecule has 0 spiro atoms. The molecule has 6 rings (SSSR count). The first-order valence-electron chi connectivity index (χ1n) is 15.0. The number of benzene rings is 1. The molecule has 4 atom stereocenters. The Kier molecular flexibility index (Phi) is 8.50. The average molecular weight is 657 g/mol. The molecule has 1 amide bonds. The summed E-state index contributed by atoms with van der Waals surface area (Å²) in [6.45, 7) is 11.8. The van der Waals surface area contributed by atoms with E-state index in [9.17, 15) is 14.0 Å². The number of carbonyl (C=O) groups excluding carboxylic acids is 1. The second-order valence-corrected chi connectivity index (χ2v) is 12.3. The summed E-state index contributed by atoms with van der Waals surface area (Å²) >= 11 is 6.83. The topological polar surface area (TPSA) is 103 Å². The number of halogens is 3. The molecule has 0 saturated carbocycles. The third kappa shape index (κ3) is 5.52. The largest absolute Gasteiger partial charge is 0.497 e. The Hall–Kier alpha value is -4.45. The summed E-state index contributed by atoms with van der Waals surface area (Å²) in [4.78, 5) is 44.2. The molecule has 238 valence electrons. The Morgan fingerprint density at radius 2 is 1.79 bits per heavy atom. The summed E-state index contributed by atoms with van der Waals surface area (Å²) in [6, 6.07) is 1.79. The first-order chi connectivity index (χ1) is 22.3. The molecular weight excluding hydrogens is 627 g/mol. The van der Waals surface area contributed by atoms with Crippen molar-refractivity contribution in [3.63, 3.8) is 0 Å². The molecule has 1 saturated heterocycles. The predicted octanol–water partition coefficient (Wildman–Crippen LogP) is 4.27. The smallest absolute Gasteiger partial charge is 0.356 e. The van der Waals surface area contributed by atoms with Gasteiger partial charge in [-0.15, -0.1) is 0 Å². The summed E-state index contributed by atoms with van der Waals surface area (Å²) in [6.07, 6.45) is 2.76. The summed E-state index contributed by atoms with van der Waals surface area (Å²) < 4.78 is 43.5.